The topological polar surface area (TPSA) is 102 Å². The normalized spacial score (nSPS) is 20.2. The second-order valence-electron chi connectivity index (χ2n) is 5.75. The van der Waals surface area contributed by atoms with E-state index in [0.29, 0.717) is 31.0 Å². The second kappa shape index (κ2) is 7.78. The van der Waals surface area contributed by atoms with E-state index >= 15 is 0 Å². The molecule has 0 spiro atoms. The fourth-order valence-corrected chi connectivity index (χ4v) is 3.85. The van der Waals surface area contributed by atoms with Gasteiger partial charge >= 0.3 is 5.69 Å². The van der Waals surface area contributed by atoms with Crippen LogP contribution in [0, 0.1) is 10.1 Å². The van der Waals surface area contributed by atoms with Gasteiger partial charge in [-0.15, -0.1) is 0 Å². The first-order valence-corrected chi connectivity index (χ1v) is 9.08. The second-order valence-corrected chi connectivity index (χ2v) is 6.97. The molecule has 0 saturated carbocycles. The zero-order chi connectivity index (χ0) is 16.1. The molecule has 3 rings (SSSR count). The van der Waals surface area contributed by atoms with Crippen molar-refractivity contribution >= 4 is 29.2 Å². The standard InChI is InChI=1S/C14H21N5O3S/c20-19(21)12-9-15-14(17-11-3-7-23-8-4-11)18-13(12)16-10-1-5-22-6-2-10/h9-11H,1-8H2,(H2,15,16,17,18). The molecule has 1 aromatic heterocycles. The van der Waals surface area contributed by atoms with Crippen molar-refractivity contribution in [2.24, 2.45) is 0 Å². The minimum Gasteiger partial charge on any atom is -0.381 e. The number of nitrogens with zero attached hydrogens (tertiary/aromatic N) is 3. The Kier molecular flexibility index (Phi) is 5.50. The van der Waals surface area contributed by atoms with Gasteiger partial charge < -0.3 is 15.4 Å². The molecule has 8 nitrogen and oxygen atoms in total. The van der Waals surface area contributed by atoms with E-state index in [4.69, 9.17) is 4.74 Å². The largest absolute Gasteiger partial charge is 0.381 e. The third-order valence-electron chi connectivity index (χ3n) is 4.08. The molecule has 9 heteroatoms. The first kappa shape index (κ1) is 16.3. The highest BCUT2D eigenvalue weighted by Gasteiger charge is 2.23. The Morgan fingerprint density at radius 3 is 2.57 bits per heavy atom. The third kappa shape index (κ3) is 4.44. The van der Waals surface area contributed by atoms with E-state index in [9.17, 15) is 10.1 Å². The summed E-state index contributed by atoms with van der Waals surface area (Å²) in [6.07, 6.45) is 5.06. The van der Waals surface area contributed by atoms with E-state index in [1.165, 1.54) is 6.20 Å². The third-order valence-corrected chi connectivity index (χ3v) is 5.13. The maximum absolute atomic E-state index is 11.2. The van der Waals surface area contributed by atoms with Gasteiger partial charge in [-0.05, 0) is 37.2 Å². The van der Waals surface area contributed by atoms with Crippen LogP contribution in [0.25, 0.3) is 0 Å². The lowest BCUT2D eigenvalue weighted by atomic mass is 10.1. The molecule has 2 saturated heterocycles. The van der Waals surface area contributed by atoms with Gasteiger partial charge in [-0.1, -0.05) is 0 Å². The van der Waals surface area contributed by atoms with E-state index in [0.717, 1.165) is 37.2 Å². The van der Waals surface area contributed by atoms with Crippen LogP contribution in [-0.2, 0) is 4.74 Å². The van der Waals surface area contributed by atoms with E-state index in [-0.39, 0.29) is 11.7 Å². The van der Waals surface area contributed by atoms with Gasteiger partial charge in [0, 0.05) is 25.3 Å². The molecule has 2 aliphatic rings. The van der Waals surface area contributed by atoms with Gasteiger partial charge in [-0.2, -0.15) is 16.7 Å². The molecule has 23 heavy (non-hydrogen) atoms. The molecular formula is C14H21N5O3S. The Bertz CT molecular complexity index is 547. The van der Waals surface area contributed by atoms with Crippen molar-refractivity contribution in [1.82, 2.24) is 9.97 Å². The minimum absolute atomic E-state index is 0.0822. The quantitative estimate of drug-likeness (QED) is 0.622. The van der Waals surface area contributed by atoms with Crippen molar-refractivity contribution in [2.45, 2.75) is 37.8 Å². The molecule has 1 aromatic rings. The molecule has 0 aliphatic carbocycles. The molecule has 0 amide bonds. The number of ether oxygens (including phenoxy) is 1. The molecule has 0 aromatic carbocycles. The monoisotopic (exact) mass is 339 g/mol. The highest BCUT2D eigenvalue weighted by atomic mass is 32.2. The molecular weight excluding hydrogens is 318 g/mol. The van der Waals surface area contributed by atoms with Crippen LogP contribution in [0.3, 0.4) is 0 Å². The number of thioether (sulfide) groups is 1. The van der Waals surface area contributed by atoms with E-state index in [1.807, 2.05) is 11.8 Å². The SMILES string of the molecule is O=[N+]([O-])c1cnc(NC2CCSCC2)nc1NC1CCOCC1. The average Bonchev–Trinajstić information content (AvgIpc) is 2.57. The molecule has 126 valence electrons. The molecule has 2 N–H and O–H groups in total. The van der Waals surface area contributed by atoms with Crippen LogP contribution >= 0.6 is 11.8 Å². The van der Waals surface area contributed by atoms with Crippen molar-refractivity contribution < 1.29 is 9.66 Å². The van der Waals surface area contributed by atoms with Gasteiger partial charge in [-0.25, -0.2) is 4.98 Å². The zero-order valence-corrected chi connectivity index (χ0v) is 13.7. The smallest absolute Gasteiger partial charge is 0.329 e. The van der Waals surface area contributed by atoms with Gasteiger partial charge in [0.05, 0.1) is 4.92 Å². The van der Waals surface area contributed by atoms with Gasteiger partial charge in [0.1, 0.15) is 6.20 Å². The van der Waals surface area contributed by atoms with E-state index in [2.05, 4.69) is 20.6 Å². The van der Waals surface area contributed by atoms with Crippen LogP contribution in [-0.4, -0.2) is 51.7 Å². The lowest BCUT2D eigenvalue weighted by Gasteiger charge is -2.24. The molecule has 2 fully saturated rings. The van der Waals surface area contributed by atoms with E-state index in [1.54, 1.807) is 0 Å². The lowest BCUT2D eigenvalue weighted by molar-refractivity contribution is -0.384. The molecule has 0 unspecified atom stereocenters. The van der Waals surface area contributed by atoms with Crippen LogP contribution in [0.2, 0.25) is 0 Å². The van der Waals surface area contributed by atoms with Crippen LogP contribution in [0.15, 0.2) is 6.20 Å². The van der Waals surface area contributed by atoms with Crippen molar-refractivity contribution in [3.8, 4) is 0 Å². The number of nitro groups is 1. The van der Waals surface area contributed by atoms with Crippen LogP contribution in [0.1, 0.15) is 25.7 Å². The lowest BCUT2D eigenvalue weighted by Crippen LogP contribution is -2.29. The first-order valence-electron chi connectivity index (χ1n) is 7.92. The average molecular weight is 339 g/mol. The predicted molar refractivity (Wildman–Crippen MR) is 90.1 cm³/mol. The summed E-state index contributed by atoms with van der Waals surface area (Å²) in [5.41, 5.74) is -0.0822. The summed E-state index contributed by atoms with van der Waals surface area (Å²) in [6, 6.07) is 0.491. The summed E-state index contributed by atoms with van der Waals surface area (Å²) in [5, 5.41) is 17.7. The Balaban J connectivity index is 1.73. The van der Waals surface area contributed by atoms with E-state index < -0.39 is 4.92 Å². The molecule has 2 aliphatic heterocycles. The van der Waals surface area contributed by atoms with Crippen molar-refractivity contribution in [3.63, 3.8) is 0 Å². The number of hydrogen-bond acceptors (Lipinski definition) is 8. The Hall–Kier alpha value is -1.61. The van der Waals surface area contributed by atoms with Crippen LogP contribution in [0.5, 0.6) is 0 Å². The summed E-state index contributed by atoms with van der Waals surface area (Å²) < 4.78 is 5.32. The minimum atomic E-state index is -0.442. The summed E-state index contributed by atoms with van der Waals surface area (Å²) in [4.78, 5) is 19.2. The Labute approximate surface area is 138 Å². The van der Waals surface area contributed by atoms with Gasteiger partial charge in [0.25, 0.3) is 0 Å². The summed E-state index contributed by atoms with van der Waals surface area (Å²) in [5.74, 6) is 3.00. The van der Waals surface area contributed by atoms with Gasteiger partial charge in [-0.3, -0.25) is 10.1 Å². The number of nitrogens with one attached hydrogen (secondary N) is 2. The Morgan fingerprint density at radius 1 is 1.17 bits per heavy atom. The van der Waals surface area contributed by atoms with Gasteiger partial charge in [0.2, 0.25) is 11.8 Å². The maximum atomic E-state index is 11.2. The maximum Gasteiger partial charge on any atom is 0.329 e. The summed E-state index contributed by atoms with van der Waals surface area (Å²) >= 11 is 1.95. The first-order chi connectivity index (χ1) is 11.2. The van der Waals surface area contributed by atoms with Crippen LogP contribution < -0.4 is 10.6 Å². The molecule has 0 bridgehead atoms. The fraction of sp³-hybridized carbons (Fsp3) is 0.714. The van der Waals surface area contributed by atoms with Crippen molar-refractivity contribution in [1.29, 1.82) is 0 Å². The number of anilines is 2. The number of hydrogen-bond donors (Lipinski definition) is 2. The Morgan fingerprint density at radius 2 is 1.87 bits per heavy atom. The van der Waals surface area contributed by atoms with Gasteiger partial charge in [0.15, 0.2) is 0 Å². The number of aromatic nitrogens is 2. The molecule has 0 atom stereocenters. The number of rotatable bonds is 5. The zero-order valence-electron chi connectivity index (χ0n) is 12.9. The molecule has 3 heterocycles. The van der Waals surface area contributed by atoms with Crippen molar-refractivity contribution in [2.75, 3.05) is 35.4 Å². The predicted octanol–water partition coefficient (Wildman–Crippen LogP) is 2.28. The van der Waals surface area contributed by atoms with Crippen LogP contribution in [0.4, 0.5) is 17.5 Å². The molecule has 0 radical (unpaired) electrons. The fourth-order valence-electron chi connectivity index (χ4n) is 2.74. The summed E-state index contributed by atoms with van der Waals surface area (Å²) in [6.45, 7) is 1.34. The highest BCUT2D eigenvalue weighted by molar-refractivity contribution is 7.99. The van der Waals surface area contributed by atoms with Crippen molar-refractivity contribution in [3.05, 3.63) is 16.3 Å². The summed E-state index contributed by atoms with van der Waals surface area (Å²) in [7, 11) is 0. The highest BCUT2D eigenvalue weighted by Crippen LogP contribution is 2.26.